The Hall–Kier alpha value is -1.43. The predicted molar refractivity (Wildman–Crippen MR) is 43.1 cm³/mol. The Morgan fingerprint density at radius 1 is 1.25 bits per heavy atom. The zero-order valence-corrected chi connectivity index (χ0v) is 6.36. The van der Waals surface area contributed by atoms with Gasteiger partial charge in [0.1, 0.15) is 0 Å². The van der Waals surface area contributed by atoms with Crippen LogP contribution in [0.3, 0.4) is 0 Å². The molecule has 0 unspecified atom stereocenters. The molecular weight excluding hydrogens is 162 g/mol. The van der Waals surface area contributed by atoms with E-state index < -0.39 is 5.97 Å². The third kappa shape index (κ3) is 3.11. The average Bonchev–Trinajstić information content (AvgIpc) is 2.05. The van der Waals surface area contributed by atoms with Gasteiger partial charge in [-0.2, -0.15) is 5.26 Å². The first-order valence-electron chi connectivity index (χ1n) is 2.75. The second-order valence-corrected chi connectivity index (χ2v) is 1.74. The normalized spacial score (nSPS) is 7.42. The first-order valence-corrected chi connectivity index (χ1v) is 2.75. The maximum atomic E-state index is 10.5. The molecule has 0 aliphatic rings. The van der Waals surface area contributed by atoms with E-state index in [2.05, 4.69) is 4.89 Å². The van der Waals surface area contributed by atoms with Crippen molar-refractivity contribution in [1.82, 2.24) is 6.15 Å². The van der Waals surface area contributed by atoms with E-state index in [1.54, 1.807) is 30.3 Å². The molecule has 0 fully saturated rings. The van der Waals surface area contributed by atoms with E-state index in [0.717, 1.165) is 0 Å². The molecule has 0 aliphatic carbocycles. The van der Waals surface area contributed by atoms with Gasteiger partial charge in [-0.3, -0.25) is 4.89 Å². The van der Waals surface area contributed by atoms with Crippen LogP contribution >= 0.6 is 0 Å². The Bertz CT molecular complexity index is 224. The molecule has 0 aliphatic heterocycles. The van der Waals surface area contributed by atoms with Gasteiger partial charge in [-0.15, -0.1) is 0 Å². The summed E-state index contributed by atoms with van der Waals surface area (Å²) in [7, 11) is 0. The molecule has 1 rings (SSSR count). The molecule has 1 aromatic rings. The molecule has 0 radical (unpaired) electrons. The largest absolute Gasteiger partial charge is 0.412 e. The third-order valence-corrected chi connectivity index (χ3v) is 1.09. The van der Waals surface area contributed by atoms with Crippen molar-refractivity contribution in [3.8, 4) is 0 Å². The van der Waals surface area contributed by atoms with Crippen molar-refractivity contribution >= 4 is 5.97 Å². The third-order valence-electron chi connectivity index (χ3n) is 1.09. The van der Waals surface area contributed by atoms with Gasteiger partial charge in [0.05, 0.1) is 5.56 Å². The molecule has 0 spiro atoms. The van der Waals surface area contributed by atoms with E-state index in [-0.39, 0.29) is 11.6 Å². The molecule has 5 heteroatoms. The maximum absolute atomic E-state index is 10.5. The number of carbonyl (C=O) groups excluding carboxylic acids is 1. The van der Waals surface area contributed by atoms with Gasteiger partial charge < -0.3 is 11.6 Å². The van der Waals surface area contributed by atoms with Crippen LogP contribution in [0, 0.1) is 0 Å². The fraction of sp³-hybridized carbons (Fsp3) is 0. The fourth-order valence-electron chi connectivity index (χ4n) is 0.627. The molecule has 6 N–H and O–H groups in total. The van der Waals surface area contributed by atoms with Crippen LogP contribution in [0.1, 0.15) is 10.4 Å². The first-order chi connectivity index (χ1) is 4.84. The zero-order valence-electron chi connectivity index (χ0n) is 6.36. The van der Waals surface area contributed by atoms with Gasteiger partial charge in [0.2, 0.25) is 0 Å². The van der Waals surface area contributed by atoms with Crippen molar-refractivity contribution in [3.05, 3.63) is 35.9 Å². The minimum Gasteiger partial charge on any atom is -0.412 e. The van der Waals surface area contributed by atoms with E-state index in [9.17, 15) is 4.79 Å². The van der Waals surface area contributed by atoms with E-state index in [1.165, 1.54) is 0 Å². The molecule has 12 heavy (non-hydrogen) atoms. The van der Waals surface area contributed by atoms with Crippen LogP contribution in [-0.4, -0.2) is 16.7 Å². The molecule has 68 valence electrons. The Balaban J connectivity index is 0. The van der Waals surface area contributed by atoms with E-state index in [1.807, 2.05) is 0 Å². The standard InChI is InChI=1S/C7H6O3.H3N.H2O/c8-7(10-9)6-4-2-1-3-5-6;;/h1-5,9H;1H3;1H2. The summed E-state index contributed by atoms with van der Waals surface area (Å²) in [6, 6.07) is 8.25. The van der Waals surface area contributed by atoms with Gasteiger partial charge in [0.25, 0.3) is 0 Å². The summed E-state index contributed by atoms with van der Waals surface area (Å²) in [5.74, 6) is -0.736. The highest BCUT2D eigenvalue weighted by atomic mass is 17.1. The molecule has 5 nitrogen and oxygen atoms in total. The Labute approximate surface area is 69.4 Å². The molecule has 1 aromatic carbocycles. The Morgan fingerprint density at radius 3 is 2.17 bits per heavy atom. The van der Waals surface area contributed by atoms with Gasteiger partial charge in [-0.25, -0.2) is 4.79 Å². The molecule has 0 bridgehead atoms. The lowest BCUT2D eigenvalue weighted by Gasteiger charge is -1.92. The second-order valence-electron chi connectivity index (χ2n) is 1.74. The van der Waals surface area contributed by atoms with Crippen LogP contribution < -0.4 is 6.15 Å². The van der Waals surface area contributed by atoms with Crippen molar-refractivity contribution in [3.63, 3.8) is 0 Å². The van der Waals surface area contributed by atoms with Crippen LogP contribution in [0.5, 0.6) is 0 Å². The van der Waals surface area contributed by atoms with Crippen LogP contribution in [-0.2, 0) is 4.89 Å². The van der Waals surface area contributed by atoms with Gasteiger partial charge in [-0.1, -0.05) is 18.2 Å². The topological polar surface area (TPSA) is 113 Å². The summed E-state index contributed by atoms with van der Waals surface area (Å²) in [4.78, 5) is 14.0. The zero-order chi connectivity index (χ0) is 7.40. The summed E-state index contributed by atoms with van der Waals surface area (Å²) in [6.45, 7) is 0. The minimum absolute atomic E-state index is 0. The lowest BCUT2D eigenvalue weighted by Crippen LogP contribution is -2.00. The number of hydrogen-bond acceptors (Lipinski definition) is 4. The SMILES string of the molecule is N.O.O=C(OO)c1ccccc1. The van der Waals surface area contributed by atoms with Crippen LogP contribution in [0.4, 0.5) is 0 Å². The number of hydrogen-bond donors (Lipinski definition) is 2. The fourth-order valence-corrected chi connectivity index (χ4v) is 0.627. The second kappa shape index (κ2) is 6.29. The monoisotopic (exact) mass is 173 g/mol. The van der Waals surface area contributed by atoms with Crippen molar-refractivity contribution in [1.29, 1.82) is 0 Å². The van der Waals surface area contributed by atoms with Crippen molar-refractivity contribution in [2.24, 2.45) is 0 Å². The summed E-state index contributed by atoms with van der Waals surface area (Å²) in [6.07, 6.45) is 0. The number of benzene rings is 1. The smallest absolute Gasteiger partial charge is 0.372 e. The first kappa shape index (κ1) is 13.2. The summed E-state index contributed by atoms with van der Waals surface area (Å²) < 4.78 is 0. The van der Waals surface area contributed by atoms with Gasteiger partial charge in [0, 0.05) is 0 Å². The molecule has 0 saturated carbocycles. The molecule has 0 atom stereocenters. The molecule has 0 aromatic heterocycles. The number of carbonyl (C=O) groups is 1. The minimum atomic E-state index is -0.736. The van der Waals surface area contributed by atoms with Crippen molar-refractivity contribution < 1.29 is 20.4 Å². The van der Waals surface area contributed by atoms with Crippen LogP contribution in [0.15, 0.2) is 30.3 Å². The number of rotatable bonds is 1. The average molecular weight is 173 g/mol. The highest BCUT2D eigenvalue weighted by molar-refractivity contribution is 5.88. The quantitative estimate of drug-likeness (QED) is 0.479. The summed E-state index contributed by atoms with van der Waals surface area (Å²) in [5.41, 5.74) is 0.338. The highest BCUT2D eigenvalue weighted by Gasteiger charge is 2.02. The van der Waals surface area contributed by atoms with Crippen LogP contribution in [0.25, 0.3) is 0 Å². The maximum Gasteiger partial charge on any atom is 0.372 e. The molecular formula is C7H11NO4. The van der Waals surface area contributed by atoms with E-state index in [0.29, 0.717) is 5.56 Å². The Kier molecular flexibility index (Phi) is 6.91. The summed E-state index contributed by atoms with van der Waals surface area (Å²) >= 11 is 0. The van der Waals surface area contributed by atoms with Crippen molar-refractivity contribution in [2.75, 3.05) is 0 Å². The highest BCUT2D eigenvalue weighted by Crippen LogP contribution is 1.98. The Morgan fingerprint density at radius 2 is 1.75 bits per heavy atom. The van der Waals surface area contributed by atoms with Gasteiger partial charge in [-0.05, 0) is 12.1 Å². The summed E-state index contributed by atoms with van der Waals surface area (Å²) in [5, 5.41) is 7.94. The van der Waals surface area contributed by atoms with Gasteiger partial charge >= 0.3 is 5.97 Å². The molecule has 0 amide bonds. The van der Waals surface area contributed by atoms with E-state index >= 15 is 0 Å². The van der Waals surface area contributed by atoms with Crippen molar-refractivity contribution in [2.45, 2.75) is 0 Å². The van der Waals surface area contributed by atoms with Gasteiger partial charge in [0.15, 0.2) is 0 Å². The van der Waals surface area contributed by atoms with E-state index in [4.69, 9.17) is 5.26 Å². The molecule has 0 saturated heterocycles. The lowest BCUT2D eigenvalue weighted by atomic mass is 10.2. The molecule has 0 heterocycles. The van der Waals surface area contributed by atoms with Crippen LogP contribution in [0.2, 0.25) is 0 Å². The lowest BCUT2D eigenvalue weighted by molar-refractivity contribution is -0.182. The predicted octanol–water partition coefficient (Wildman–Crippen LogP) is 0.654.